The van der Waals surface area contributed by atoms with E-state index in [1.165, 1.54) is 37.4 Å². The van der Waals surface area contributed by atoms with Crippen molar-refractivity contribution >= 4 is 29.4 Å². The molecule has 9 heteroatoms. The SMILES string of the molecule is CC(=O)Nc1cc(Oc2ccc(NC(=O)NC(=O)Cc3ccc(F)cc3)c(C)c2)ccn1. The van der Waals surface area contributed by atoms with Crippen LogP contribution >= 0.6 is 0 Å². The number of benzene rings is 2. The van der Waals surface area contributed by atoms with Gasteiger partial charge in [0.1, 0.15) is 23.1 Å². The van der Waals surface area contributed by atoms with E-state index in [9.17, 15) is 18.8 Å². The Labute approximate surface area is 183 Å². The average Bonchev–Trinajstić information content (AvgIpc) is 2.71. The van der Waals surface area contributed by atoms with Gasteiger partial charge in [-0.15, -0.1) is 0 Å². The maximum absolute atomic E-state index is 12.9. The number of ether oxygens (including phenoxy) is 1. The van der Waals surface area contributed by atoms with Crippen molar-refractivity contribution in [2.24, 2.45) is 0 Å². The number of hydrogen-bond acceptors (Lipinski definition) is 5. The summed E-state index contributed by atoms with van der Waals surface area (Å²) >= 11 is 0. The summed E-state index contributed by atoms with van der Waals surface area (Å²) in [6, 6.07) is 13.0. The summed E-state index contributed by atoms with van der Waals surface area (Å²) in [5.41, 5.74) is 1.80. The molecule has 0 saturated carbocycles. The van der Waals surface area contributed by atoms with Crippen molar-refractivity contribution in [1.29, 1.82) is 0 Å². The Morgan fingerprint density at radius 2 is 1.69 bits per heavy atom. The van der Waals surface area contributed by atoms with Crippen molar-refractivity contribution in [2.45, 2.75) is 20.3 Å². The highest BCUT2D eigenvalue weighted by molar-refractivity contribution is 6.02. The number of urea groups is 1. The van der Waals surface area contributed by atoms with Gasteiger partial charge in [-0.05, 0) is 54.4 Å². The fourth-order valence-electron chi connectivity index (χ4n) is 2.81. The molecule has 164 valence electrons. The Balaban J connectivity index is 1.57. The van der Waals surface area contributed by atoms with Crippen molar-refractivity contribution in [1.82, 2.24) is 10.3 Å². The highest BCUT2D eigenvalue weighted by atomic mass is 19.1. The van der Waals surface area contributed by atoms with Crippen LogP contribution in [0.2, 0.25) is 0 Å². The zero-order valence-corrected chi connectivity index (χ0v) is 17.4. The summed E-state index contributed by atoms with van der Waals surface area (Å²) in [6.45, 7) is 3.16. The van der Waals surface area contributed by atoms with E-state index >= 15 is 0 Å². The van der Waals surface area contributed by atoms with Gasteiger partial charge >= 0.3 is 6.03 Å². The van der Waals surface area contributed by atoms with Gasteiger partial charge in [0.15, 0.2) is 0 Å². The number of halogens is 1. The molecule has 0 bridgehead atoms. The summed E-state index contributed by atoms with van der Waals surface area (Å²) in [5.74, 6) is 0.211. The molecule has 1 heterocycles. The highest BCUT2D eigenvalue weighted by Gasteiger charge is 2.11. The van der Waals surface area contributed by atoms with Crippen LogP contribution in [0, 0.1) is 12.7 Å². The topological polar surface area (TPSA) is 109 Å². The Bertz CT molecular complexity index is 1150. The maximum atomic E-state index is 12.9. The van der Waals surface area contributed by atoms with Gasteiger partial charge in [-0.25, -0.2) is 14.2 Å². The number of nitrogens with zero attached hydrogens (tertiary/aromatic N) is 1. The monoisotopic (exact) mass is 436 g/mol. The smallest absolute Gasteiger partial charge is 0.325 e. The number of hydrogen-bond donors (Lipinski definition) is 3. The number of carbonyl (C=O) groups is 3. The Morgan fingerprint density at radius 1 is 0.969 bits per heavy atom. The molecule has 0 spiro atoms. The molecule has 0 radical (unpaired) electrons. The first-order valence-corrected chi connectivity index (χ1v) is 9.66. The normalized spacial score (nSPS) is 10.2. The van der Waals surface area contributed by atoms with E-state index in [0.29, 0.717) is 34.1 Å². The van der Waals surface area contributed by atoms with Crippen molar-refractivity contribution < 1.29 is 23.5 Å². The molecule has 2 aromatic carbocycles. The minimum atomic E-state index is -0.678. The fraction of sp³-hybridized carbons (Fsp3) is 0.130. The third kappa shape index (κ3) is 6.63. The molecule has 0 unspecified atom stereocenters. The van der Waals surface area contributed by atoms with Crippen molar-refractivity contribution in [3.8, 4) is 11.5 Å². The number of imide groups is 1. The van der Waals surface area contributed by atoms with E-state index in [2.05, 4.69) is 20.9 Å². The van der Waals surface area contributed by atoms with Crippen LogP contribution in [0.4, 0.5) is 20.7 Å². The second-order valence-electron chi connectivity index (χ2n) is 6.94. The predicted molar refractivity (Wildman–Crippen MR) is 117 cm³/mol. The molecule has 8 nitrogen and oxygen atoms in total. The number of pyridine rings is 1. The summed E-state index contributed by atoms with van der Waals surface area (Å²) in [6.07, 6.45) is 1.46. The van der Waals surface area contributed by atoms with E-state index in [4.69, 9.17) is 4.74 Å². The lowest BCUT2D eigenvalue weighted by molar-refractivity contribution is -0.119. The van der Waals surface area contributed by atoms with Crippen molar-refractivity contribution in [2.75, 3.05) is 10.6 Å². The quantitative estimate of drug-likeness (QED) is 0.537. The van der Waals surface area contributed by atoms with Gasteiger partial charge in [-0.3, -0.25) is 14.9 Å². The van der Waals surface area contributed by atoms with Crippen LogP contribution in [0.25, 0.3) is 0 Å². The number of anilines is 2. The third-order valence-corrected chi connectivity index (χ3v) is 4.25. The van der Waals surface area contributed by atoms with Crippen molar-refractivity contribution in [3.05, 3.63) is 77.7 Å². The molecular weight excluding hydrogens is 415 g/mol. The van der Waals surface area contributed by atoms with Gasteiger partial charge in [-0.1, -0.05) is 12.1 Å². The highest BCUT2D eigenvalue weighted by Crippen LogP contribution is 2.27. The number of amides is 4. The molecule has 4 amide bonds. The van der Waals surface area contributed by atoms with Crippen LogP contribution in [0.15, 0.2) is 60.8 Å². The zero-order chi connectivity index (χ0) is 23.1. The summed E-state index contributed by atoms with van der Waals surface area (Å²) in [4.78, 5) is 39.3. The molecule has 0 aliphatic rings. The molecule has 32 heavy (non-hydrogen) atoms. The molecule has 3 N–H and O–H groups in total. The van der Waals surface area contributed by atoms with Crippen LogP contribution in [-0.4, -0.2) is 22.8 Å². The number of aromatic nitrogens is 1. The molecule has 1 aromatic heterocycles. The van der Waals surface area contributed by atoms with Crippen LogP contribution in [0.1, 0.15) is 18.1 Å². The number of nitrogens with one attached hydrogen (secondary N) is 3. The summed E-state index contributed by atoms with van der Waals surface area (Å²) in [5, 5.41) is 7.43. The number of aryl methyl sites for hydroxylation is 1. The largest absolute Gasteiger partial charge is 0.457 e. The Kier molecular flexibility index (Phi) is 7.12. The Hall–Kier alpha value is -4.27. The molecule has 0 aliphatic heterocycles. The third-order valence-electron chi connectivity index (χ3n) is 4.25. The summed E-state index contributed by atoms with van der Waals surface area (Å²) < 4.78 is 18.7. The second-order valence-corrected chi connectivity index (χ2v) is 6.94. The molecule has 0 aliphatic carbocycles. The van der Waals surface area contributed by atoms with Crippen LogP contribution in [-0.2, 0) is 16.0 Å². The Morgan fingerprint density at radius 3 is 2.38 bits per heavy atom. The minimum absolute atomic E-state index is 0.0497. The first-order chi connectivity index (χ1) is 15.3. The van der Waals surface area contributed by atoms with E-state index in [-0.39, 0.29) is 12.3 Å². The van der Waals surface area contributed by atoms with Crippen LogP contribution in [0.5, 0.6) is 11.5 Å². The number of carbonyl (C=O) groups excluding carboxylic acids is 3. The van der Waals surface area contributed by atoms with Gasteiger partial charge in [0.05, 0.1) is 6.42 Å². The molecule has 0 fully saturated rings. The maximum Gasteiger partial charge on any atom is 0.325 e. The first-order valence-electron chi connectivity index (χ1n) is 9.66. The number of rotatable bonds is 6. The lowest BCUT2D eigenvalue weighted by Gasteiger charge is -2.12. The van der Waals surface area contributed by atoms with E-state index in [0.717, 1.165) is 0 Å². The van der Waals surface area contributed by atoms with E-state index in [1.54, 1.807) is 37.3 Å². The standard InChI is InChI=1S/C23H21FN4O4/c1-14-11-18(32-19-9-10-25-21(13-19)26-15(2)29)7-8-20(14)27-23(31)28-22(30)12-16-3-5-17(24)6-4-16/h3-11,13H,12H2,1-2H3,(H,25,26,29)(H2,27,28,30,31). The van der Waals surface area contributed by atoms with Gasteiger partial charge < -0.3 is 15.4 Å². The lowest BCUT2D eigenvalue weighted by Crippen LogP contribution is -2.35. The van der Waals surface area contributed by atoms with Gasteiger partial charge in [0.25, 0.3) is 0 Å². The average molecular weight is 436 g/mol. The summed E-state index contributed by atoms with van der Waals surface area (Å²) in [7, 11) is 0. The fourth-order valence-corrected chi connectivity index (χ4v) is 2.81. The molecule has 0 saturated heterocycles. The van der Waals surface area contributed by atoms with Gasteiger partial charge in [-0.2, -0.15) is 0 Å². The second kappa shape index (κ2) is 10.2. The molecule has 3 aromatic rings. The van der Waals surface area contributed by atoms with E-state index in [1.807, 2.05) is 0 Å². The zero-order valence-electron chi connectivity index (χ0n) is 17.4. The lowest BCUT2D eigenvalue weighted by atomic mass is 10.1. The van der Waals surface area contributed by atoms with Gasteiger partial charge in [0.2, 0.25) is 11.8 Å². The van der Waals surface area contributed by atoms with Gasteiger partial charge in [0, 0.05) is 24.9 Å². The molecule has 0 atom stereocenters. The van der Waals surface area contributed by atoms with Crippen molar-refractivity contribution in [3.63, 3.8) is 0 Å². The van der Waals surface area contributed by atoms with Crippen LogP contribution < -0.4 is 20.7 Å². The predicted octanol–water partition coefficient (Wildman–Crippen LogP) is 4.17. The van der Waals surface area contributed by atoms with Crippen LogP contribution in [0.3, 0.4) is 0 Å². The molecule has 3 rings (SSSR count). The molecular formula is C23H21FN4O4. The first kappa shape index (κ1) is 22.4. The van der Waals surface area contributed by atoms with E-state index < -0.39 is 17.8 Å². The minimum Gasteiger partial charge on any atom is -0.457 e.